The first-order valence-corrected chi connectivity index (χ1v) is 12.3. The Hall–Kier alpha value is -4.52. The Kier molecular flexibility index (Phi) is 6.23. The Bertz CT molecular complexity index is 1550. The number of hydrogen-bond donors (Lipinski definition) is 1. The number of aliphatic hydroxyl groups excluding tert-OH is 1. The fourth-order valence-corrected chi connectivity index (χ4v) is 4.77. The van der Waals surface area contributed by atoms with Gasteiger partial charge in [-0.3, -0.25) is 14.5 Å². The van der Waals surface area contributed by atoms with Crippen LogP contribution in [-0.4, -0.2) is 31.0 Å². The predicted octanol–water partition coefficient (Wildman–Crippen LogP) is 6.53. The number of amides is 1. The molecular formula is C31H29NO6. The molecule has 0 bridgehead atoms. The Balaban J connectivity index is 1.64. The molecule has 0 radical (unpaired) electrons. The van der Waals surface area contributed by atoms with Crippen LogP contribution >= 0.6 is 0 Å². The Morgan fingerprint density at radius 1 is 0.947 bits per heavy atom. The van der Waals surface area contributed by atoms with Gasteiger partial charge in [0.1, 0.15) is 5.75 Å². The fourth-order valence-electron chi connectivity index (χ4n) is 4.77. The Morgan fingerprint density at radius 3 is 2.24 bits per heavy atom. The van der Waals surface area contributed by atoms with Gasteiger partial charge in [-0.2, -0.15) is 0 Å². The van der Waals surface area contributed by atoms with Gasteiger partial charge in [0.05, 0.1) is 25.8 Å². The Labute approximate surface area is 220 Å². The van der Waals surface area contributed by atoms with Gasteiger partial charge in [-0.25, -0.2) is 0 Å². The summed E-state index contributed by atoms with van der Waals surface area (Å²) < 4.78 is 16.5. The van der Waals surface area contributed by atoms with Gasteiger partial charge in [0.15, 0.2) is 22.9 Å². The third-order valence-electron chi connectivity index (χ3n) is 6.85. The summed E-state index contributed by atoms with van der Waals surface area (Å²) in [5.74, 6) is -0.741. The summed E-state index contributed by atoms with van der Waals surface area (Å²) in [7, 11) is 3.08. The maximum Gasteiger partial charge on any atom is 0.294 e. The van der Waals surface area contributed by atoms with Crippen LogP contribution in [0.3, 0.4) is 0 Å². The molecule has 1 unspecified atom stereocenters. The first kappa shape index (κ1) is 25.1. The maximum absolute atomic E-state index is 13.9. The molecule has 0 saturated heterocycles. The number of aliphatic hydroxyl groups is 1. The highest BCUT2D eigenvalue weighted by Crippen LogP contribution is 2.43. The van der Waals surface area contributed by atoms with Crippen LogP contribution in [-0.2, 0) is 10.2 Å². The minimum Gasteiger partial charge on any atom is -0.503 e. The minimum absolute atomic E-state index is 0.00624. The topological polar surface area (TPSA) is 89.2 Å². The lowest BCUT2D eigenvalue weighted by molar-refractivity contribution is -0.117. The van der Waals surface area contributed by atoms with Gasteiger partial charge < -0.3 is 19.0 Å². The van der Waals surface area contributed by atoms with E-state index in [0.717, 1.165) is 5.56 Å². The minimum atomic E-state index is -0.868. The lowest BCUT2D eigenvalue weighted by Gasteiger charge is -2.28. The molecule has 4 aromatic rings. The van der Waals surface area contributed by atoms with E-state index < -0.39 is 23.5 Å². The zero-order valence-corrected chi connectivity index (χ0v) is 21.9. The molecule has 1 N–H and O–H groups in total. The normalized spacial score (nSPS) is 15.9. The van der Waals surface area contributed by atoms with Crippen LogP contribution < -0.4 is 14.4 Å². The van der Waals surface area contributed by atoms with Gasteiger partial charge in [-0.15, -0.1) is 0 Å². The number of nitrogens with zero attached hydrogens (tertiary/aromatic N) is 1. The predicted molar refractivity (Wildman–Crippen MR) is 145 cm³/mol. The largest absolute Gasteiger partial charge is 0.503 e. The quantitative estimate of drug-likeness (QED) is 0.296. The molecular weight excluding hydrogens is 482 g/mol. The molecule has 2 heterocycles. The number of carbonyl (C=O) groups is 2. The standard InChI is InChI=1S/C31H29NO6/c1-31(2,3)20-11-9-18(10-12-20)26-25(27(33)24-17-19-7-6-8-23(37-5)29(19)38-24)28(34)30(35)32(26)21-13-15-22(36-4)16-14-21/h6-17,26,34H,1-5H3. The number of ether oxygens (including phenoxy) is 2. The number of furan rings is 1. The van der Waals surface area contributed by atoms with Gasteiger partial charge >= 0.3 is 0 Å². The molecule has 1 aliphatic heterocycles. The number of Topliss-reactive ketones (excluding diaryl/α,β-unsaturated/α-hetero) is 1. The molecule has 5 rings (SSSR count). The number of ketones is 1. The van der Waals surface area contributed by atoms with E-state index in [1.54, 1.807) is 55.6 Å². The highest BCUT2D eigenvalue weighted by molar-refractivity contribution is 6.20. The summed E-state index contributed by atoms with van der Waals surface area (Å²) >= 11 is 0. The third kappa shape index (κ3) is 4.20. The van der Waals surface area contributed by atoms with E-state index in [1.165, 1.54) is 12.0 Å². The molecule has 1 amide bonds. The van der Waals surface area contributed by atoms with Crippen molar-refractivity contribution in [2.75, 3.05) is 19.1 Å². The number of rotatable bonds is 6. The molecule has 0 aliphatic carbocycles. The molecule has 1 atom stereocenters. The molecule has 0 spiro atoms. The molecule has 38 heavy (non-hydrogen) atoms. The van der Waals surface area contributed by atoms with Crippen molar-refractivity contribution in [3.63, 3.8) is 0 Å². The Morgan fingerprint density at radius 2 is 1.63 bits per heavy atom. The monoisotopic (exact) mass is 511 g/mol. The van der Waals surface area contributed by atoms with Crippen LogP contribution in [0.2, 0.25) is 0 Å². The summed E-state index contributed by atoms with van der Waals surface area (Å²) in [5.41, 5.74) is 2.59. The van der Waals surface area contributed by atoms with Crippen LogP contribution in [0.4, 0.5) is 5.69 Å². The SMILES string of the molecule is COc1ccc(N2C(=O)C(O)=C(C(=O)c3cc4cccc(OC)c4o3)C2c2ccc(C(C)(C)C)cc2)cc1. The van der Waals surface area contributed by atoms with Crippen LogP contribution in [0.5, 0.6) is 11.5 Å². The fraction of sp³-hybridized carbons (Fsp3) is 0.226. The first-order chi connectivity index (χ1) is 18.1. The molecule has 7 nitrogen and oxygen atoms in total. The van der Waals surface area contributed by atoms with Gasteiger partial charge in [0.25, 0.3) is 5.91 Å². The van der Waals surface area contributed by atoms with Gasteiger partial charge in [-0.1, -0.05) is 57.2 Å². The zero-order valence-electron chi connectivity index (χ0n) is 21.9. The van der Waals surface area contributed by atoms with Crippen LogP contribution in [0.1, 0.15) is 48.5 Å². The molecule has 0 fully saturated rings. The van der Waals surface area contributed by atoms with Crippen molar-refractivity contribution < 1.29 is 28.6 Å². The van der Waals surface area contributed by atoms with E-state index in [4.69, 9.17) is 13.9 Å². The zero-order chi connectivity index (χ0) is 27.2. The highest BCUT2D eigenvalue weighted by atomic mass is 16.5. The van der Waals surface area contributed by atoms with Crippen molar-refractivity contribution in [3.8, 4) is 11.5 Å². The van der Waals surface area contributed by atoms with Gasteiger partial charge in [-0.05, 0) is 52.9 Å². The van der Waals surface area contributed by atoms with Crippen molar-refractivity contribution in [1.29, 1.82) is 0 Å². The van der Waals surface area contributed by atoms with Crippen molar-refractivity contribution in [2.24, 2.45) is 0 Å². The lowest BCUT2D eigenvalue weighted by Crippen LogP contribution is -2.31. The first-order valence-electron chi connectivity index (χ1n) is 12.3. The van der Waals surface area contributed by atoms with E-state index in [1.807, 2.05) is 24.3 Å². The van der Waals surface area contributed by atoms with E-state index >= 15 is 0 Å². The molecule has 3 aromatic carbocycles. The van der Waals surface area contributed by atoms with E-state index in [-0.39, 0.29) is 16.7 Å². The number of methoxy groups -OCH3 is 2. The second kappa shape index (κ2) is 9.41. The maximum atomic E-state index is 13.9. The van der Waals surface area contributed by atoms with Crippen molar-refractivity contribution in [3.05, 3.63) is 101 Å². The number of hydrogen-bond acceptors (Lipinski definition) is 6. The summed E-state index contributed by atoms with van der Waals surface area (Å²) in [6.45, 7) is 6.34. The summed E-state index contributed by atoms with van der Waals surface area (Å²) in [4.78, 5) is 28.8. The van der Waals surface area contributed by atoms with Gasteiger partial charge in [0.2, 0.25) is 5.78 Å². The molecule has 0 saturated carbocycles. The molecule has 194 valence electrons. The number of fused-ring (bicyclic) bond motifs is 1. The van der Waals surface area contributed by atoms with E-state index in [2.05, 4.69) is 20.8 Å². The molecule has 1 aliphatic rings. The van der Waals surface area contributed by atoms with E-state index in [9.17, 15) is 14.7 Å². The van der Waals surface area contributed by atoms with Crippen molar-refractivity contribution >= 4 is 28.3 Å². The average molecular weight is 512 g/mol. The number of anilines is 1. The summed E-state index contributed by atoms with van der Waals surface area (Å²) in [6.07, 6.45) is 0. The van der Waals surface area contributed by atoms with Gasteiger partial charge in [0, 0.05) is 11.1 Å². The number of carbonyl (C=O) groups excluding carboxylic acids is 2. The lowest BCUT2D eigenvalue weighted by atomic mass is 9.85. The summed E-state index contributed by atoms with van der Waals surface area (Å²) in [6, 6.07) is 20.7. The van der Waals surface area contributed by atoms with E-state index in [0.29, 0.717) is 33.7 Å². The molecule has 7 heteroatoms. The third-order valence-corrected chi connectivity index (χ3v) is 6.85. The average Bonchev–Trinajstić information content (AvgIpc) is 3.47. The second-order valence-corrected chi connectivity index (χ2v) is 10.2. The highest BCUT2D eigenvalue weighted by Gasteiger charge is 2.45. The second-order valence-electron chi connectivity index (χ2n) is 10.2. The smallest absolute Gasteiger partial charge is 0.294 e. The number of para-hydroxylation sites is 1. The molecule has 1 aromatic heterocycles. The number of benzene rings is 3. The van der Waals surface area contributed by atoms with Crippen molar-refractivity contribution in [2.45, 2.75) is 32.2 Å². The van der Waals surface area contributed by atoms with Crippen molar-refractivity contribution in [1.82, 2.24) is 0 Å². The van der Waals surface area contributed by atoms with Crippen LogP contribution in [0, 0.1) is 0 Å². The summed E-state index contributed by atoms with van der Waals surface area (Å²) in [5, 5.41) is 11.8. The van der Waals surface area contributed by atoms with Crippen LogP contribution in [0.15, 0.2) is 88.5 Å². The van der Waals surface area contributed by atoms with Crippen LogP contribution in [0.25, 0.3) is 11.0 Å².